The van der Waals surface area contributed by atoms with Gasteiger partial charge in [-0.15, -0.1) is 0 Å². The molecule has 57 heavy (non-hydrogen) atoms. The fourth-order valence-corrected chi connectivity index (χ4v) is 4.13. The standard InChI is InChI=1S/C16H30O2.C8H18O5.C8H12O3.C6H14O4.C3H4O2/c1-3-5-6-7-8-9-10-11-12-13-14-15-18-16(17)4-2;9-1-3-11-5-7-13-8-6-12-4-2-10;1-2-8(9)11-6-7-4-3-5-10-7;7-1-3-9-5-6-10-4-2-8;1-2-3(4)5/h4H,2-3,5-15H2,1H3;9-10H,1-8H2;2,7H,1,3-6H2;7-8H,1-6H2;2H,1H2,(H,4,5). The van der Waals surface area contributed by atoms with E-state index >= 15 is 0 Å². The minimum atomic E-state index is -0.981. The first-order valence-corrected chi connectivity index (χ1v) is 20.1. The smallest absolute Gasteiger partial charge is 0.330 e. The van der Waals surface area contributed by atoms with Crippen LogP contribution >= 0.6 is 0 Å². The Labute approximate surface area is 342 Å². The number of rotatable bonds is 34. The number of carbonyl (C=O) groups is 3. The molecule has 0 amide bonds. The Hall–Kier alpha value is -2.77. The molecule has 1 unspecified atom stereocenters. The van der Waals surface area contributed by atoms with Gasteiger partial charge in [0, 0.05) is 24.8 Å². The first-order valence-electron chi connectivity index (χ1n) is 20.1. The van der Waals surface area contributed by atoms with Crippen molar-refractivity contribution in [1.29, 1.82) is 0 Å². The SMILES string of the molecule is C=CC(=O)O.C=CC(=O)OCC1CCCO1.C=CC(=O)OCCCCCCCCCCCCC.OCCOCCOCCO.OCCOCCOCCOCCO. The molecular formula is C41H78O16. The average molecular weight is 827 g/mol. The van der Waals surface area contributed by atoms with Crippen LogP contribution < -0.4 is 0 Å². The molecule has 1 saturated heterocycles. The van der Waals surface area contributed by atoms with E-state index in [1.807, 2.05) is 0 Å². The number of carboxylic acids is 1. The minimum Gasteiger partial charge on any atom is -0.478 e. The van der Waals surface area contributed by atoms with Crippen molar-refractivity contribution >= 4 is 17.9 Å². The van der Waals surface area contributed by atoms with Crippen LogP contribution in [-0.4, -0.2) is 162 Å². The van der Waals surface area contributed by atoms with Crippen molar-refractivity contribution in [3.8, 4) is 0 Å². The van der Waals surface area contributed by atoms with Gasteiger partial charge in [-0.25, -0.2) is 14.4 Å². The second kappa shape index (κ2) is 57.6. The van der Waals surface area contributed by atoms with Crippen LogP contribution in [0.2, 0.25) is 0 Å². The van der Waals surface area contributed by atoms with Crippen molar-refractivity contribution < 1.29 is 77.8 Å². The van der Waals surface area contributed by atoms with Crippen molar-refractivity contribution in [2.45, 2.75) is 96.5 Å². The number of aliphatic hydroxyl groups excluding tert-OH is 4. The molecule has 0 bridgehead atoms. The van der Waals surface area contributed by atoms with Gasteiger partial charge in [-0.05, 0) is 19.3 Å². The number of hydrogen-bond donors (Lipinski definition) is 5. The van der Waals surface area contributed by atoms with Crippen LogP contribution in [0.3, 0.4) is 0 Å². The Morgan fingerprint density at radius 1 is 0.544 bits per heavy atom. The van der Waals surface area contributed by atoms with Crippen LogP contribution in [0, 0.1) is 0 Å². The second-order valence-corrected chi connectivity index (χ2v) is 11.9. The second-order valence-electron chi connectivity index (χ2n) is 11.9. The molecule has 0 aromatic carbocycles. The van der Waals surface area contributed by atoms with Gasteiger partial charge >= 0.3 is 17.9 Å². The Balaban J connectivity index is -0.000000322. The zero-order valence-corrected chi connectivity index (χ0v) is 34.9. The topological polar surface area (TPSA) is 226 Å². The van der Waals surface area contributed by atoms with E-state index < -0.39 is 5.97 Å². The van der Waals surface area contributed by atoms with E-state index in [1.165, 1.54) is 70.3 Å². The first-order chi connectivity index (χ1) is 27.7. The van der Waals surface area contributed by atoms with Crippen LogP contribution in [0.4, 0.5) is 0 Å². The predicted octanol–water partition coefficient (Wildman–Crippen LogP) is 4.20. The van der Waals surface area contributed by atoms with Gasteiger partial charge in [0.15, 0.2) is 0 Å². The summed E-state index contributed by atoms with van der Waals surface area (Å²) in [6.07, 6.45) is 19.8. The Morgan fingerprint density at radius 2 is 0.895 bits per heavy atom. The zero-order valence-electron chi connectivity index (χ0n) is 34.9. The maximum atomic E-state index is 10.8. The molecular weight excluding hydrogens is 748 g/mol. The van der Waals surface area contributed by atoms with Gasteiger partial charge in [-0.3, -0.25) is 0 Å². The van der Waals surface area contributed by atoms with Gasteiger partial charge in [0.25, 0.3) is 0 Å². The van der Waals surface area contributed by atoms with Crippen molar-refractivity contribution in [3.05, 3.63) is 38.0 Å². The maximum Gasteiger partial charge on any atom is 0.330 e. The normalized spacial score (nSPS) is 12.5. The molecule has 1 aliphatic heterocycles. The lowest BCUT2D eigenvalue weighted by molar-refractivity contribution is -0.141. The number of unbranched alkanes of at least 4 members (excludes halogenated alkanes) is 10. The lowest BCUT2D eigenvalue weighted by Crippen LogP contribution is -2.16. The molecule has 1 aliphatic rings. The predicted molar refractivity (Wildman–Crippen MR) is 218 cm³/mol. The summed E-state index contributed by atoms with van der Waals surface area (Å²) in [7, 11) is 0. The number of carboxylic acid groups (broad SMARTS) is 1. The van der Waals surface area contributed by atoms with Crippen LogP contribution in [0.25, 0.3) is 0 Å². The fraction of sp³-hybridized carbons (Fsp3) is 0.780. The van der Waals surface area contributed by atoms with Crippen LogP contribution in [0.5, 0.6) is 0 Å². The third-order valence-corrected chi connectivity index (χ3v) is 6.99. The summed E-state index contributed by atoms with van der Waals surface area (Å²) in [5, 5.41) is 40.8. The number of aliphatic hydroxyl groups is 4. The number of hydrogen-bond acceptors (Lipinski definition) is 15. The summed E-state index contributed by atoms with van der Waals surface area (Å²) >= 11 is 0. The van der Waals surface area contributed by atoms with Crippen molar-refractivity contribution in [2.75, 3.05) is 112 Å². The Kier molecular flexibility index (Phi) is 61.5. The molecule has 0 aromatic heterocycles. The highest BCUT2D eigenvalue weighted by Gasteiger charge is 2.16. The number of carbonyl (C=O) groups excluding carboxylic acids is 2. The van der Waals surface area contributed by atoms with E-state index in [4.69, 9.17) is 63.4 Å². The number of aliphatic carboxylic acids is 1. The first kappa shape index (κ1) is 60.9. The quantitative estimate of drug-likeness (QED) is 0.0348. The van der Waals surface area contributed by atoms with Crippen LogP contribution in [-0.2, 0) is 52.3 Å². The van der Waals surface area contributed by atoms with E-state index in [0.717, 1.165) is 38.0 Å². The lowest BCUT2D eigenvalue weighted by atomic mass is 10.1. The molecule has 1 rings (SSSR count). The largest absolute Gasteiger partial charge is 0.478 e. The lowest BCUT2D eigenvalue weighted by Gasteiger charge is -2.07. The van der Waals surface area contributed by atoms with Gasteiger partial charge in [0.2, 0.25) is 0 Å². The summed E-state index contributed by atoms with van der Waals surface area (Å²) in [4.78, 5) is 30.6. The van der Waals surface area contributed by atoms with Gasteiger partial charge in [0.05, 0.1) is 105 Å². The average Bonchev–Trinajstić information content (AvgIpc) is 3.76. The van der Waals surface area contributed by atoms with Crippen molar-refractivity contribution in [2.24, 2.45) is 0 Å². The van der Waals surface area contributed by atoms with E-state index in [2.05, 4.69) is 26.7 Å². The monoisotopic (exact) mass is 827 g/mol. The highest BCUT2D eigenvalue weighted by Crippen LogP contribution is 2.12. The minimum absolute atomic E-state index is 0.0413. The summed E-state index contributed by atoms with van der Waals surface area (Å²) in [6.45, 7) is 18.1. The molecule has 0 aliphatic carbocycles. The maximum absolute atomic E-state index is 10.8. The van der Waals surface area contributed by atoms with Gasteiger partial charge in [-0.1, -0.05) is 90.9 Å². The van der Waals surface area contributed by atoms with Gasteiger partial charge in [0.1, 0.15) is 6.61 Å². The van der Waals surface area contributed by atoms with Crippen molar-refractivity contribution in [1.82, 2.24) is 0 Å². The number of esters is 2. The van der Waals surface area contributed by atoms with E-state index in [9.17, 15) is 14.4 Å². The van der Waals surface area contributed by atoms with Crippen LogP contribution in [0.1, 0.15) is 90.4 Å². The molecule has 0 aromatic rings. The molecule has 0 spiro atoms. The molecule has 5 N–H and O–H groups in total. The number of ether oxygens (including phenoxy) is 8. The molecule has 1 fully saturated rings. The van der Waals surface area contributed by atoms with Crippen LogP contribution in [0.15, 0.2) is 38.0 Å². The third-order valence-electron chi connectivity index (χ3n) is 6.99. The van der Waals surface area contributed by atoms with Gasteiger partial charge in [-0.2, -0.15) is 0 Å². The van der Waals surface area contributed by atoms with Crippen molar-refractivity contribution in [3.63, 3.8) is 0 Å². The summed E-state index contributed by atoms with van der Waals surface area (Å²) in [5.74, 6) is -1.66. The zero-order chi connectivity index (χ0) is 43.3. The summed E-state index contributed by atoms with van der Waals surface area (Å²) in [6, 6.07) is 0. The Bertz CT molecular complexity index is 835. The summed E-state index contributed by atoms with van der Waals surface area (Å²) < 4.78 is 39.7. The highest BCUT2D eigenvalue weighted by atomic mass is 16.6. The highest BCUT2D eigenvalue weighted by molar-refractivity contribution is 5.81. The Morgan fingerprint density at radius 3 is 1.21 bits per heavy atom. The molecule has 16 nitrogen and oxygen atoms in total. The molecule has 0 radical (unpaired) electrons. The summed E-state index contributed by atoms with van der Waals surface area (Å²) in [5.41, 5.74) is 0. The molecule has 16 heteroatoms. The molecule has 338 valence electrons. The van der Waals surface area contributed by atoms with E-state index in [-0.39, 0.29) is 44.5 Å². The molecule has 1 heterocycles. The third kappa shape index (κ3) is 65.4. The molecule has 0 saturated carbocycles. The van der Waals surface area contributed by atoms with E-state index in [0.29, 0.717) is 79.3 Å². The van der Waals surface area contributed by atoms with E-state index in [1.54, 1.807) is 0 Å². The molecule has 1 atom stereocenters. The fourth-order valence-electron chi connectivity index (χ4n) is 4.13. The van der Waals surface area contributed by atoms with Gasteiger partial charge < -0.3 is 63.4 Å².